The highest BCUT2D eigenvalue weighted by atomic mass is 35.5. The first-order valence-corrected chi connectivity index (χ1v) is 6.93. The summed E-state index contributed by atoms with van der Waals surface area (Å²) in [7, 11) is 0. The molecule has 2 nitrogen and oxygen atoms in total. The van der Waals surface area contributed by atoms with Crippen LogP contribution in [0.3, 0.4) is 0 Å². The van der Waals surface area contributed by atoms with Crippen molar-refractivity contribution in [3.05, 3.63) is 71.4 Å². The highest BCUT2D eigenvalue weighted by Gasteiger charge is 2.04. The first-order chi connectivity index (χ1) is 10.2. The number of aromatic nitrogens is 1. The van der Waals surface area contributed by atoms with Gasteiger partial charge in [-0.15, -0.1) is 12.4 Å². The summed E-state index contributed by atoms with van der Waals surface area (Å²) in [6.45, 7) is 1.13. The zero-order valence-corrected chi connectivity index (χ0v) is 12.7. The van der Waals surface area contributed by atoms with Crippen LogP contribution in [0.1, 0.15) is 11.1 Å². The summed E-state index contributed by atoms with van der Waals surface area (Å²) < 4.78 is 26.3. The fourth-order valence-corrected chi connectivity index (χ4v) is 2.45. The van der Waals surface area contributed by atoms with Crippen LogP contribution in [-0.4, -0.2) is 11.5 Å². The molecule has 0 saturated carbocycles. The highest BCUT2D eigenvalue weighted by molar-refractivity contribution is 5.85. The molecule has 116 valence electrons. The van der Waals surface area contributed by atoms with Crippen LogP contribution >= 0.6 is 12.4 Å². The summed E-state index contributed by atoms with van der Waals surface area (Å²) >= 11 is 0. The third kappa shape index (κ3) is 3.64. The molecule has 0 amide bonds. The Kier molecular flexibility index (Phi) is 5.52. The molecule has 1 aromatic heterocycles. The lowest BCUT2D eigenvalue weighted by Crippen LogP contribution is -2.17. The number of halogens is 3. The molecule has 0 saturated heterocycles. The van der Waals surface area contributed by atoms with Crippen molar-refractivity contribution in [2.45, 2.75) is 13.0 Å². The first-order valence-electron chi connectivity index (χ1n) is 6.93. The molecular formula is C17H17ClF2N2. The second kappa shape index (κ2) is 7.38. The molecule has 2 N–H and O–H groups in total. The van der Waals surface area contributed by atoms with E-state index < -0.39 is 11.6 Å². The van der Waals surface area contributed by atoms with Crippen LogP contribution in [0.15, 0.2) is 48.7 Å². The van der Waals surface area contributed by atoms with E-state index in [1.807, 2.05) is 24.4 Å². The Morgan fingerprint density at radius 2 is 1.82 bits per heavy atom. The zero-order chi connectivity index (χ0) is 14.7. The largest absolute Gasteiger partial charge is 0.361 e. The Balaban J connectivity index is 0.00000176. The van der Waals surface area contributed by atoms with Crippen LogP contribution in [0.4, 0.5) is 8.78 Å². The molecule has 0 aliphatic carbocycles. The fourth-order valence-electron chi connectivity index (χ4n) is 2.45. The van der Waals surface area contributed by atoms with Crippen molar-refractivity contribution in [2.24, 2.45) is 0 Å². The average molecular weight is 323 g/mol. The van der Waals surface area contributed by atoms with Crippen LogP contribution < -0.4 is 5.32 Å². The predicted octanol–water partition coefficient (Wildman–Crippen LogP) is 4.20. The lowest BCUT2D eigenvalue weighted by molar-refractivity contribution is 0.560. The maximum Gasteiger partial charge on any atom is 0.130 e. The molecule has 5 heteroatoms. The van der Waals surface area contributed by atoms with Gasteiger partial charge in [0.05, 0.1) is 0 Å². The van der Waals surface area contributed by atoms with Gasteiger partial charge < -0.3 is 10.3 Å². The summed E-state index contributed by atoms with van der Waals surface area (Å²) in [6.07, 6.45) is 2.86. The van der Waals surface area contributed by atoms with Crippen LogP contribution in [0.2, 0.25) is 0 Å². The number of aromatic amines is 1. The van der Waals surface area contributed by atoms with Crippen molar-refractivity contribution in [2.75, 3.05) is 6.54 Å². The van der Waals surface area contributed by atoms with E-state index >= 15 is 0 Å². The van der Waals surface area contributed by atoms with E-state index in [4.69, 9.17) is 0 Å². The first kappa shape index (κ1) is 16.5. The number of rotatable bonds is 5. The summed E-state index contributed by atoms with van der Waals surface area (Å²) in [5.74, 6) is -1.05. The smallest absolute Gasteiger partial charge is 0.130 e. The van der Waals surface area contributed by atoms with Gasteiger partial charge in [0, 0.05) is 35.3 Å². The van der Waals surface area contributed by atoms with Gasteiger partial charge in [-0.1, -0.05) is 24.3 Å². The Morgan fingerprint density at radius 3 is 2.64 bits per heavy atom. The van der Waals surface area contributed by atoms with Crippen molar-refractivity contribution in [3.8, 4) is 0 Å². The lowest BCUT2D eigenvalue weighted by atomic mass is 10.1. The Bertz CT molecular complexity index is 755. The third-order valence-electron chi connectivity index (χ3n) is 3.58. The van der Waals surface area contributed by atoms with Crippen LogP contribution in [0.25, 0.3) is 10.9 Å². The second-order valence-corrected chi connectivity index (χ2v) is 5.02. The van der Waals surface area contributed by atoms with E-state index in [-0.39, 0.29) is 12.4 Å². The number of benzene rings is 2. The van der Waals surface area contributed by atoms with Crippen LogP contribution in [-0.2, 0) is 13.0 Å². The van der Waals surface area contributed by atoms with Crippen LogP contribution in [0, 0.1) is 11.6 Å². The maximum absolute atomic E-state index is 13.5. The molecule has 0 bridgehead atoms. The standard InChI is InChI=1S/C17H16F2N2.ClH/c18-14-6-5-13(16(19)9-14)10-20-8-7-12-11-21-17-4-2-1-3-15(12)17;/h1-6,9,11,20-21H,7-8,10H2;1H. The maximum atomic E-state index is 13.5. The predicted molar refractivity (Wildman–Crippen MR) is 87.3 cm³/mol. The van der Waals surface area contributed by atoms with Crippen molar-refractivity contribution in [1.82, 2.24) is 10.3 Å². The van der Waals surface area contributed by atoms with Gasteiger partial charge in [0.1, 0.15) is 11.6 Å². The summed E-state index contributed by atoms with van der Waals surface area (Å²) in [4.78, 5) is 3.23. The summed E-state index contributed by atoms with van der Waals surface area (Å²) in [5, 5.41) is 4.40. The Hall–Kier alpha value is -1.91. The SMILES string of the molecule is Cl.Fc1ccc(CNCCc2c[nH]c3ccccc23)c(F)c1. The van der Waals surface area contributed by atoms with Crippen molar-refractivity contribution >= 4 is 23.3 Å². The minimum atomic E-state index is -0.546. The minimum absolute atomic E-state index is 0. The molecule has 0 unspecified atom stereocenters. The number of fused-ring (bicyclic) bond motifs is 1. The zero-order valence-electron chi connectivity index (χ0n) is 11.9. The van der Waals surface area contributed by atoms with Gasteiger partial charge in [-0.3, -0.25) is 0 Å². The van der Waals surface area contributed by atoms with Crippen molar-refractivity contribution < 1.29 is 8.78 Å². The number of hydrogen-bond acceptors (Lipinski definition) is 1. The van der Waals surface area contributed by atoms with Crippen LogP contribution in [0.5, 0.6) is 0 Å². The number of hydrogen-bond donors (Lipinski definition) is 2. The number of nitrogens with one attached hydrogen (secondary N) is 2. The molecule has 0 aliphatic heterocycles. The van der Waals surface area contributed by atoms with Gasteiger partial charge >= 0.3 is 0 Å². The quantitative estimate of drug-likeness (QED) is 0.677. The van der Waals surface area contributed by atoms with Gasteiger partial charge in [-0.25, -0.2) is 8.78 Å². The minimum Gasteiger partial charge on any atom is -0.361 e. The molecule has 3 rings (SSSR count). The van der Waals surface area contributed by atoms with E-state index in [0.29, 0.717) is 12.1 Å². The second-order valence-electron chi connectivity index (χ2n) is 5.02. The van der Waals surface area contributed by atoms with E-state index in [9.17, 15) is 8.78 Å². The van der Waals surface area contributed by atoms with Gasteiger partial charge in [0.15, 0.2) is 0 Å². The highest BCUT2D eigenvalue weighted by Crippen LogP contribution is 2.17. The van der Waals surface area contributed by atoms with Crippen molar-refractivity contribution in [1.29, 1.82) is 0 Å². The van der Waals surface area contributed by atoms with E-state index in [0.717, 1.165) is 24.5 Å². The molecule has 22 heavy (non-hydrogen) atoms. The normalized spacial score (nSPS) is 10.6. The summed E-state index contributed by atoms with van der Waals surface area (Å²) in [5.41, 5.74) is 2.84. The lowest BCUT2D eigenvalue weighted by Gasteiger charge is -2.06. The Labute approximate surface area is 134 Å². The Morgan fingerprint density at radius 1 is 1.00 bits per heavy atom. The number of H-pyrrole nitrogens is 1. The third-order valence-corrected chi connectivity index (χ3v) is 3.58. The van der Waals surface area contributed by atoms with Gasteiger partial charge in [0.25, 0.3) is 0 Å². The van der Waals surface area contributed by atoms with Crippen molar-refractivity contribution in [3.63, 3.8) is 0 Å². The molecule has 1 heterocycles. The van der Waals surface area contributed by atoms with E-state index in [2.05, 4.69) is 16.4 Å². The summed E-state index contributed by atoms with van der Waals surface area (Å²) in [6, 6.07) is 11.8. The van der Waals surface area contributed by atoms with Gasteiger partial charge in [-0.05, 0) is 30.7 Å². The topological polar surface area (TPSA) is 27.8 Å². The molecule has 2 aromatic carbocycles. The molecule has 0 fully saturated rings. The average Bonchev–Trinajstić information content (AvgIpc) is 2.89. The molecule has 0 aliphatic rings. The monoisotopic (exact) mass is 322 g/mol. The van der Waals surface area contributed by atoms with E-state index in [1.165, 1.54) is 23.1 Å². The molecule has 0 atom stereocenters. The van der Waals surface area contributed by atoms with E-state index in [1.54, 1.807) is 0 Å². The van der Waals surface area contributed by atoms with Gasteiger partial charge in [-0.2, -0.15) is 0 Å². The van der Waals surface area contributed by atoms with Gasteiger partial charge in [0.2, 0.25) is 0 Å². The molecule has 0 radical (unpaired) electrons. The molecule has 3 aromatic rings. The fraction of sp³-hybridized carbons (Fsp3) is 0.176. The molecule has 0 spiro atoms. The number of para-hydroxylation sites is 1. The molecular weight excluding hydrogens is 306 g/mol.